The summed E-state index contributed by atoms with van der Waals surface area (Å²) in [6.07, 6.45) is 3.57. The Morgan fingerprint density at radius 2 is 2.03 bits per heavy atom. The first-order chi connectivity index (χ1) is 18.0. The predicted molar refractivity (Wildman–Crippen MR) is 144 cm³/mol. The molecule has 0 radical (unpaired) electrons. The lowest BCUT2D eigenvalue weighted by atomic mass is 9.70. The number of fused-ring (bicyclic) bond motifs is 1. The van der Waals surface area contributed by atoms with Crippen LogP contribution in [0.3, 0.4) is 0 Å². The van der Waals surface area contributed by atoms with E-state index in [4.69, 9.17) is 9.47 Å². The number of nitrogens with one attached hydrogen (secondary N) is 1. The quantitative estimate of drug-likeness (QED) is 0.177. The number of rotatable bonds is 14. The number of esters is 1. The van der Waals surface area contributed by atoms with Crippen LogP contribution in [0.2, 0.25) is 0 Å². The molecule has 11 heteroatoms. The highest BCUT2D eigenvalue weighted by Gasteiger charge is 2.77. The van der Waals surface area contributed by atoms with Crippen LogP contribution in [0, 0.1) is 11.8 Å². The maximum absolute atomic E-state index is 14.0. The minimum absolute atomic E-state index is 0.135. The number of hydrogen-bond donors (Lipinski definition) is 2. The number of carbonyl (C=O) groups excluding carboxylic acids is 4. The monoisotopic (exact) mass is 597 g/mol. The number of ether oxygens (including phenoxy) is 2. The average Bonchev–Trinajstić information content (AvgIpc) is 3.46. The van der Waals surface area contributed by atoms with Crippen molar-refractivity contribution in [2.24, 2.45) is 11.8 Å². The van der Waals surface area contributed by atoms with E-state index in [1.165, 1.54) is 4.90 Å². The number of aliphatic hydroxyl groups is 1. The Hall–Kier alpha value is -2.24. The largest absolute Gasteiger partial charge is 0.460 e. The fourth-order valence-corrected chi connectivity index (χ4v) is 6.85. The number of hydrogen-bond acceptors (Lipinski definition) is 7. The second-order valence-electron chi connectivity index (χ2n) is 10.5. The standard InChI is InChI=1S/C27H40BrN3O7/c1-6-8-10-19(33)29-15-17(5)37-26(36)20-21-24(34)31(12-9-13-32)23(25(35)30(11-7-2)16(3)4)27(21)14-18(28)22(20)38-27/h6-7,16-18,20-23,32H,1-2,8-15H2,3-5H3,(H,29,33)/t17-,18?,20+,21-,22+,23+,27-/m0/s1. The van der Waals surface area contributed by atoms with Crippen molar-refractivity contribution in [2.45, 2.75) is 81.2 Å². The highest BCUT2D eigenvalue weighted by atomic mass is 79.9. The molecule has 3 saturated heterocycles. The van der Waals surface area contributed by atoms with E-state index in [1.807, 2.05) is 13.8 Å². The number of aliphatic hydroxyl groups excluding tert-OH is 1. The Morgan fingerprint density at radius 3 is 2.63 bits per heavy atom. The highest BCUT2D eigenvalue weighted by molar-refractivity contribution is 9.09. The van der Waals surface area contributed by atoms with E-state index in [-0.39, 0.29) is 48.3 Å². The molecule has 2 N–H and O–H groups in total. The Balaban J connectivity index is 1.86. The number of allylic oxidation sites excluding steroid dienone is 1. The van der Waals surface area contributed by atoms with Crippen LogP contribution in [0.1, 0.15) is 46.5 Å². The Kier molecular flexibility index (Phi) is 10.2. The first-order valence-corrected chi connectivity index (χ1v) is 14.2. The topological polar surface area (TPSA) is 125 Å². The van der Waals surface area contributed by atoms with Crippen LogP contribution in [0.4, 0.5) is 0 Å². The molecule has 0 aromatic carbocycles. The van der Waals surface area contributed by atoms with E-state index in [9.17, 15) is 24.3 Å². The van der Waals surface area contributed by atoms with Crippen molar-refractivity contribution in [3.05, 3.63) is 25.3 Å². The van der Waals surface area contributed by atoms with Gasteiger partial charge in [0.2, 0.25) is 17.7 Å². The normalized spacial score (nSPS) is 30.2. The molecule has 0 saturated carbocycles. The van der Waals surface area contributed by atoms with Gasteiger partial charge in [-0.1, -0.05) is 28.1 Å². The maximum atomic E-state index is 14.0. The number of amides is 3. The SMILES string of the molecule is C=CCCC(=O)NC[C@H](C)OC(=O)[C@H]1[C@@H]2O[C@@]3(CC2Br)[C@@H]1C(=O)N(CCCO)[C@@H]3C(=O)N(CC=C)C(C)C. The molecule has 212 valence electrons. The summed E-state index contributed by atoms with van der Waals surface area (Å²) in [5.74, 6) is -3.15. The van der Waals surface area contributed by atoms with Crippen molar-refractivity contribution < 1.29 is 33.8 Å². The summed E-state index contributed by atoms with van der Waals surface area (Å²) in [4.78, 5) is 56.1. The molecule has 3 aliphatic heterocycles. The molecule has 1 unspecified atom stereocenters. The number of halogens is 1. The molecule has 7 atom stereocenters. The molecule has 3 heterocycles. The van der Waals surface area contributed by atoms with Gasteiger partial charge in [-0.3, -0.25) is 19.2 Å². The summed E-state index contributed by atoms with van der Waals surface area (Å²) < 4.78 is 12.1. The molecule has 3 aliphatic rings. The van der Waals surface area contributed by atoms with Crippen molar-refractivity contribution in [3.8, 4) is 0 Å². The van der Waals surface area contributed by atoms with Gasteiger partial charge in [-0.15, -0.1) is 13.2 Å². The Labute approximate surface area is 232 Å². The minimum Gasteiger partial charge on any atom is -0.460 e. The molecule has 1 spiro atoms. The molecule has 0 aromatic rings. The van der Waals surface area contributed by atoms with Crippen molar-refractivity contribution in [2.75, 3.05) is 26.2 Å². The molecular formula is C27H40BrN3O7. The van der Waals surface area contributed by atoms with Crippen molar-refractivity contribution >= 4 is 39.6 Å². The molecule has 2 bridgehead atoms. The zero-order chi connectivity index (χ0) is 28.2. The van der Waals surface area contributed by atoms with Crippen LogP contribution in [-0.2, 0) is 28.7 Å². The fourth-order valence-electron chi connectivity index (χ4n) is 5.91. The fraction of sp³-hybridized carbons (Fsp3) is 0.704. The lowest BCUT2D eigenvalue weighted by Crippen LogP contribution is -2.58. The van der Waals surface area contributed by atoms with E-state index in [1.54, 1.807) is 24.0 Å². The van der Waals surface area contributed by atoms with Gasteiger partial charge in [0.15, 0.2) is 0 Å². The number of alkyl halides is 1. The summed E-state index contributed by atoms with van der Waals surface area (Å²) in [7, 11) is 0. The summed E-state index contributed by atoms with van der Waals surface area (Å²) >= 11 is 3.63. The van der Waals surface area contributed by atoms with Gasteiger partial charge in [0.05, 0.1) is 24.5 Å². The molecule has 38 heavy (non-hydrogen) atoms. The van der Waals surface area contributed by atoms with Crippen LogP contribution < -0.4 is 5.32 Å². The number of likely N-dealkylation sites (tertiary alicyclic amines) is 1. The van der Waals surface area contributed by atoms with Crippen LogP contribution in [0.5, 0.6) is 0 Å². The van der Waals surface area contributed by atoms with E-state index >= 15 is 0 Å². The highest BCUT2D eigenvalue weighted by Crippen LogP contribution is 2.60. The van der Waals surface area contributed by atoms with Gasteiger partial charge in [0.1, 0.15) is 17.7 Å². The molecule has 0 aromatic heterocycles. The summed E-state index contributed by atoms with van der Waals surface area (Å²) in [6.45, 7) is 13.3. The number of nitrogens with zero attached hydrogens (tertiary/aromatic N) is 2. The van der Waals surface area contributed by atoms with Crippen molar-refractivity contribution in [1.82, 2.24) is 15.1 Å². The van der Waals surface area contributed by atoms with E-state index in [0.29, 0.717) is 32.2 Å². The Morgan fingerprint density at radius 1 is 1.32 bits per heavy atom. The first-order valence-electron chi connectivity index (χ1n) is 13.3. The zero-order valence-corrected chi connectivity index (χ0v) is 24.0. The van der Waals surface area contributed by atoms with Crippen LogP contribution in [-0.4, -0.2) is 99.6 Å². The van der Waals surface area contributed by atoms with E-state index < -0.39 is 41.7 Å². The smallest absolute Gasteiger partial charge is 0.312 e. The Bertz CT molecular complexity index is 944. The van der Waals surface area contributed by atoms with Gasteiger partial charge in [-0.25, -0.2) is 0 Å². The number of carbonyl (C=O) groups is 4. The summed E-state index contributed by atoms with van der Waals surface area (Å²) in [5.41, 5.74) is -1.19. The third-order valence-corrected chi connectivity index (χ3v) is 8.41. The summed E-state index contributed by atoms with van der Waals surface area (Å²) in [5, 5.41) is 12.2. The molecule has 3 fully saturated rings. The van der Waals surface area contributed by atoms with E-state index in [0.717, 1.165) is 0 Å². The van der Waals surface area contributed by atoms with Crippen molar-refractivity contribution in [1.29, 1.82) is 0 Å². The predicted octanol–water partition coefficient (Wildman–Crippen LogP) is 1.55. The molecule has 0 aliphatic carbocycles. The van der Waals surface area contributed by atoms with Gasteiger partial charge < -0.3 is 29.7 Å². The first kappa shape index (κ1) is 30.3. The zero-order valence-electron chi connectivity index (χ0n) is 22.4. The van der Waals surface area contributed by atoms with Gasteiger partial charge >= 0.3 is 5.97 Å². The second-order valence-corrected chi connectivity index (χ2v) is 11.7. The third kappa shape index (κ3) is 5.70. The lowest BCUT2D eigenvalue weighted by Gasteiger charge is -2.38. The maximum Gasteiger partial charge on any atom is 0.312 e. The van der Waals surface area contributed by atoms with Gasteiger partial charge in [-0.2, -0.15) is 0 Å². The third-order valence-electron chi connectivity index (χ3n) is 7.56. The van der Waals surface area contributed by atoms with Crippen LogP contribution in [0.15, 0.2) is 25.3 Å². The molecule has 3 rings (SSSR count). The van der Waals surface area contributed by atoms with Crippen LogP contribution in [0.25, 0.3) is 0 Å². The lowest BCUT2D eigenvalue weighted by molar-refractivity contribution is -0.159. The summed E-state index contributed by atoms with van der Waals surface area (Å²) in [6, 6.07) is -1.08. The molecule has 3 amide bonds. The van der Waals surface area contributed by atoms with Crippen molar-refractivity contribution in [3.63, 3.8) is 0 Å². The van der Waals surface area contributed by atoms with Gasteiger partial charge in [0, 0.05) is 37.0 Å². The molecule has 10 nitrogen and oxygen atoms in total. The van der Waals surface area contributed by atoms with E-state index in [2.05, 4.69) is 34.4 Å². The van der Waals surface area contributed by atoms with Gasteiger partial charge in [-0.05, 0) is 40.0 Å². The minimum atomic E-state index is -1.19. The van der Waals surface area contributed by atoms with Gasteiger partial charge in [0.25, 0.3) is 0 Å². The molecular weight excluding hydrogens is 558 g/mol. The average molecular weight is 599 g/mol. The van der Waals surface area contributed by atoms with Crippen LogP contribution >= 0.6 is 15.9 Å². The second kappa shape index (κ2) is 12.7.